The summed E-state index contributed by atoms with van der Waals surface area (Å²) in [6.45, 7) is 3.51. The summed E-state index contributed by atoms with van der Waals surface area (Å²) in [5.41, 5.74) is 5.77. The van der Waals surface area contributed by atoms with E-state index in [4.69, 9.17) is 5.73 Å². The van der Waals surface area contributed by atoms with Gasteiger partial charge in [-0.3, -0.25) is 0 Å². The van der Waals surface area contributed by atoms with Gasteiger partial charge in [0, 0.05) is 12.6 Å². The number of likely N-dealkylation sites (tertiary alicyclic amines) is 1. The van der Waals surface area contributed by atoms with Crippen LogP contribution in [0.2, 0.25) is 0 Å². The molecular formula is C11H22N2. The second-order valence-corrected chi connectivity index (χ2v) is 4.68. The molecule has 0 aromatic carbocycles. The third kappa shape index (κ3) is 2.23. The van der Waals surface area contributed by atoms with Crippen molar-refractivity contribution in [2.75, 3.05) is 19.6 Å². The van der Waals surface area contributed by atoms with Crippen LogP contribution in [0.25, 0.3) is 0 Å². The lowest BCUT2D eigenvalue weighted by Crippen LogP contribution is -2.43. The van der Waals surface area contributed by atoms with Gasteiger partial charge < -0.3 is 10.6 Å². The minimum atomic E-state index is 0.781. The van der Waals surface area contributed by atoms with Crippen molar-refractivity contribution in [3.63, 3.8) is 0 Å². The highest BCUT2D eigenvalue weighted by Crippen LogP contribution is 2.28. The van der Waals surface area contributed by atoms with Crippen molar-refractivity contribution in [2.24, 2.45) is 11.7 Å². The molecule has 0 amide bonds. The van der Waals surface area contributed by atoms with Crippen molar-refractivity contribution >= 4 is 0 Å². The maximum absolute atomic E-state index is 5.77. The van der Waals surface area contributed by atoms with E-state index in [2.05, 4.69) is 4.90 Å². The molecule has 2 N–H and O–H groups in total. The second kappa shape index (κ2) is 4.43. The van der Waals surface area contributed by atoms with Gasteiger partial charge in [0.25, 0.3) is 0 Å². The van der Waals surface area contributed by atoms with Crippen LogP contribution in [0.4, 0.5) is 0 Å². The van der Waals surface area contributed by atoms with Crippen molar-refractivity contribution in [2.45, 2.75) is 44.6 Å². The van der Waals surface area contributed by atoms with Crippen LogP contribution in [0.15, 0.2) is 0 Å². The van der Waals surface area contributed by atoms with Crippen LogP contribution < -0.4 is 5.73 Å². The van der Waals surface area contributed by atoms with Gasteiger partial charge in [0.2, 0.25) is 0 Å². The van der Waals surface area contributed by atoms with Crippen molar-refractivity contribution in [3.8, 4) is 0 Å². The van der Waals surface area contributed by atoms with E-state index >= 15 is 0 Å². The lowest BCUT2D eigenvalue weighted by atomic mass is 9.91. The van der Waals surface area contributed by atoms with Gasteiger partial charge in [-0.15, -0.1) is 0 Å². The Kier molecular flexibility index (Phi) is 3.23. The van der Waals surface area contributed by atoms with E-state index in [-0.39, 0.29) is 0 Å². The van der Waals surface area contributed by atoms with Crippen molar-refractivity contribution in [1.82, 2.24) is 4.90 Å². The van der Waals surface area contributed by atoms with Crippen LogP contribution in [0.3, 0.4) is 0 Å². The fourth-order valence-electron chi connectivity index (χ4n) is 2.54. The summed E-state index contributed by atoms with van der Waals surface area (Å²) in [5, 5.41) is 0. The van der Waals surface area contributed by atoms with Crippen molar-refractivity contribution in [3.05, 3.63) is 0 Å². The van der Waals surface area contributed by atoms with E-state index in [1.165, 1.54) is 51.6 Å². The molecule has 1 atom stereocenters. The normalized spacial score (nSPS) is 32.5. The molecule has 1 heterocycles. The van der Waals surface area contributed by atoms with Gasteiger partial charge in [0.05, 0.1) is 0 Å². The summed E-state index contributed by atoms with van der Waals surface area (Å²) in [4.78, 5) is 2.70. The van der Waals surface area contributed by atoms with E-state index in [1.807, 2.05) is 0 Å². The van der Waals surface area contributed by atoms with Crippen LogP contribution in [0.1, 0.15) is 38.5 Å². The standard InChI is InChI=1S/C11H22N2/c12-8-10-4-1-2-7-13(9-10)11-5-3-6-11/h10-11H,1-9,12H2. The lowest BCUT2D eigenvalue weighted by molar-refractivity contribution is 0.117. The van der Waals surface area contributed by atoms with Crippen LogP contribution in [0.5, 0.6) is 0 Å². The van der Waals surface area contributed by atoms with Gasteiger partial charge in [0.15, 0.2) is 0 Å². The summed E-state index contributed by atoms with van der Waals surface area (Å²) in [6.07, 6.45) is 8.49. The zero-order valence-corrected chi connectivity index (χ0v) is 8.54. The van der Waals surface area contributed by atoms with Crippen LogP contribution in [0, 0.1) is 5.92 Å². The average molecular weight is 182 g/mol. The van der Waals surface area contributed by atoms with Gasteiger partial charge in [-0.25, -0.2) is 0 Å². The Morgan fingerprint density at radius 2 is 1.92 bits per heavy atom. The molecule has 1 aliphatic carbocycles. The Labute approximate surface area is 81.5 Å². The summed E-state index contributed by atoms with van der Waals surface area (Å²) in [7, 11) is 0. The molecule has 2 fully saturated rings. The molecule has 1 unspecified atom stereocenters. The predicted octanol–water partition coefficient (Wildman–Crippen LogP) is 1.60. The molecule has 2 heteroatoms. The number of hydrogen-bond acceptors (Lipinski definition) is 2. The predicted molar refractivity (Wildman–Crippen MR) is 55.6 cm³/mol. The van der Waals surface area contributed by atoms with E-state index in [0.717, 1.165) is 18.5 Å². The largest absolute Gasteiger partial charge is 0.330 e. The minimum absolute atomic E-state index is 0.781. The third-order valence-corrected chi connectivity index (χ3v) is 3.72. The number of rotatable bonds is 2. The maximum atomic E-state index is 5.77. The third-order valence-electron chi connectivity index (χ3n) is 3.72. The Morgan fingerprint density at radius 3 is 2.54 bits per heavy atom. The maximum Gasteiger partial charge on any atom is 0.00954 e. The molecule has 0 bridgehead atoms. The summed E-state index contributed by atoms with van der Waals surface area (Å²) in [6, 6.07) is 0.923. The van der Waals surface area contributed by atoms with Gasteiger partial charge in [-0.2, -0.15) is 0 Å². The van der Waals surface area contributed by atoms with E-state index in [9.17, 15) is 0 Å². The fraction of sp³-hybridized carbons (Fsp3) is 1.00. The number of nitrogens with zero attached hydrogens (tertiary/aromatic N) is 1. The molecule has 1 saturated carbocycles. The molecule has 0 radical (unpaired) electrons. The topological polar surface area (TPSA) is 29.3 Å². The molecule has 2 aliphatic rings. The molecule has 0 aromatic heterocycles. The smallest absolute Gasteiger partial charge is 0.00954 e. The molecule has 0 spiro atoms. The molecule has 76 valence electrons. The molecule has 0 aromatic rings. The highest BCUT2D eigenvalue weighted by atomic mass is 15.2. The fourth-order valence-corrected chi connectivity index (χ4v) is 2.54. The van der Waals surface area contributed by atoms with Crippen molar-refractivity contribution in [1.29, 1.82) is 0 Å². The quantitative estimate of drug-likeness (QED) is 0.703. The monoisotopic (exact) mass is 182 g/mol. The first-order chi connectivity index (χ1) is 6.40. The first-order valence-corrected chi connectivity index (χ1v) is 5.84. The molecular weight excluding hydrogens is 160 g/mol. The Morgan fingerprint density at radius 1 is 1.08 bits per heavy atom. The highest BCUT2D eigenvalue weighted by molar-refractivity contribution is 4.83. The number of nitrogens with two attached hydrogens (primary N) is 1. The zero-order chi connectivity index (χ0) is 9.10. The van der Waals surface area contributed by atoms with Gasteiger partial charge in [0.1, 0.15) is 0 Å². The Balaban J connectivity index is 1.85. The summed E-state index contributed by atoms with van der Waals surface area (Å²) >= 11 is 0. The molecule has 2 nitrogen and oxygen atoms in total. The highest BCUT2D eigenvalue weighted by Gasteiger charge is 2.27. The van der Waals surface area contributed by atoms with Gasteiger partial charge >= 0.3 is 0 Å². The first kappa shape index (κ1) is 9.47. The number of hydrogen-bond donors (Lipinski definition) is 1. The summed E-state index contributed by atoms with van der Waals surface area (Å²) < 4.78 is 0. The average Bonchev–Trinajstić information content (AvgIpc) is 2.27. The van der Waals surface area contributed by atoms with E-state index in [1.54, 1.807) is 0 Å². The van der Waals surface area contributed by atoms with Crippen LogP contribution in [-0.2, 0) is 0 Å². The SMILES string of the molecule is NCC1CCCCN(C2CCC2)C1. The van der Waals surface area contributed by atoms with Gasteiger partial charge in [-0.05, 0) is 44.7 Å². The van der Waals surface area contributed by atoms with Crippen LogP contribution >= 0.6 is 0 Å². The van der Waals surface area contributed by atoms with E-state index < -0.39 is 0 Å². The zero-order valence-electron chi connectivity index (χ0n) is 8.54. The minimum Gasteiger partial charge on any atom is -0.330 e. The van der Waals surface area contributed by atoms with Crippen LogP contribution in [-0.4, -0.2) is 30.6 Å². The van der Waals surface area contributed by atoms with Gasteiger partial charge in [-0.1, -0.05) is 12.8 Å². The van der Waals surface area contributed by atoms with E-state index in [0.29, 0.717) is 0 Å². The molecule has 2 rings (SSSR count). The molecule has 13 heavy (non-hydrogen) atoms. The Hall–Kier alpha value is -0.0800. The summed E-state index contributed by atoms with van der Waals surface area (Å²) in [5.74, 6) is 0.781. The molecule has 1 aliphatic heterocycles. The lowest BCUT2D eigenvalue weighted by Gasteiger charge is -2.38. The Bertz CT molecular complexity index is 154. The first-order valence-electron chi connectivity index (χ1n) is 5.84. The second-order valence-electron chi connectivity index (χ2n) is 4.68. The molecule has 1 saturated heterocycles. The van der Waals surface area contributed by atoms with Crippen molar-refractivity contribution < 1.29 is 0 Å².